The first-order valence-corrected chi connectivity index (χ1v) is 3.77. The Bertz CT molecular complexity index is 312. The first-order valence-electron chi connectivity index (χ1n) is 2.69. The molecule has 0 spiro atoms. The Labute approximate surface area is 69.3 Å². The van der Waals surface area contributed by atoms with Crippen LogP contribution in [-0.4, -0.2) is 29.6 Å². The minimum Gasteiger partial charge on any atom is -0.766 e. The summed E-state index contributed by atoms with van der Waals surface area (Å²) in [6.45, 7) is 0. The highest BCUT2D eigenvalue weighted by molar-refractivity contribution is 7.78. The molecule has 2 N–H and O–H groups in total. The van der Waals surface area contributed by atoms with Gasteiger partial charge in [0.1, 0.15) is 6.33 Å². The first kappa shape index (κ1) is 8.68. The SMILES string of the molecule is NC(=O)c1ncnc(S(=O)[O-])n1. The molecule has 1 atom stereocenters. The molecule has 0 bridgehead atoms. The number of primary amides is 1. The predicted molar refractivity (Wildman–Crippen MR) is 35.5 cm³/mol. The number of nitrogens with zero attached hydrogens (tertiary/aromatic N) is 3. The Kier molecular flexibility index (Phi) is 2.41. The molecule has 1 rings (SSSR count). The molecule has 1 unspecified atom stereocenters. The summed E-state index contributed by atoms with van der Waals surface area (Å²) < 4.78 is 20.5. The summed E-state index contributed by atoms with van der Waals surface area (Å²) in [6, 6.07) is 0. The number of carbonyl (C=O) groups is 1. The number of nitrogens with two attached hydrogens (primary N) is 1. The molecule has 0 saturated heterocycles. The fraction of sp³-hybridized carbons (Fsp3) is 0. The maximum atomic E-state index is 10.4. The molecule has 1 aromatic rings. The van der Waals surface area contributed by atoms with E-state index in [2.05, 4.69) is 15.0 Å². The molecule has 1 aromatic heterocycles. The van der Waals surface area contributed by atoms with E-state index in [1.54, 1.807) is 0 Å². The molecule has 12 heavy (non-hydrogen) atoms. The normalized spacial score (nSPS) is 12.4. The fourth-order valence-corrected chi connectivity index (χ4v) is 0.775. The van der Waals surface area contributed by atoms with Crippen molar-refractivity contribution in [2.75, 3.05) is 0 Å². The highest BCUT2D eigenvalue weighted by Crippen LogP contribution is 1.93. The van der Waals surface area contributed by atoms with Gasteiger partial charge in [0, 0.05) is 11.1 Å². The van der Waals surface area contributed by atoms with E-state index >= 15 is 0 Å². The van der Waals surface area contributed by atoms with Crippen molar-refractivity contribution < 1.29 is 13.6 Å². The monoisotopic (exact) mass is 187 g/mol. The fourth-order valence-electron chi connectivity index (χ4n) is 0.480. The van der Waals surface area contributed by atoms with Gasteiger partial charge in [-0.2, -0.15) is 4.98 Å². The summed E-state index contributed by atoms with van der Waals surface area (Å²) in [7, 11) is 0. The Morgan fingerprint density at radius 2 is 2.25 bits per heavy atom. The van der Waals surface area contributed by atoms with E-state index in [9.17, 15) is 13.6 Å². The summed E-state index contributed by atoms with van der Waals surface area (Å²) in [5.41, 5.74) is 4.79. The molecular formula is C4H3N4O3S-. The lowest BCUT2D eigenvalue weighted by Gasteiger charge is -2.01. The molecule has 0 radical (unpaired) electrons. The summed E-state index contributed by atoms with van der Waals surface area (Å²) >= 11 is -2.58. The maximum absolute atomic E-state index is 10.4. The van der Waals surface area contributed by atoms with Gasteiger partial charge < -0.3 is 10.3 Å². The Hall–Kier alpha value is -1.41. The lowest BCUT2D eigenvalue weighted by Crippen LogP contribution is -2.17. The van der Waals surface area contributed by atoms with Gasteiger partial charge in [-0.1, -0.05) is 0 Å². The van der Waals surface area contributed by atoms with Crippen molar-refractivity contribution in [3.63, 3.8) is 0 Å². The van der Waals surface area contributed by atoms with E-state index in [1.807, 2.05) is 0 Å². The maximum Gasteiger partial charge on any atom is 0.286 e. The van der Waals surface area contributed by atoms with Gasteiger partial charge in [0.2, 0.25) is 11.0 Å². The van der Waals surface area contributed by atoms with Crippen molar-refractivity contribution in [3.05, 3.63) is 12.2 Å². The van der Waals surface area contributed by atoms with Crippen LogP contribution in [0.5, 0.6) is 0 Å². The topological polar surface area (TPSA) is 122 Å². The van der Waals surface area contributed by atoms with Crippen molar-refractivity contribution >= 4 is 17.0 Å². The van der Waals surface area contributed by atoms with Crippen LogP contribution in [0.2, 0.25) is 0 Å². The molecule has 0 aromatic carbocycles. The van der Waals surface area contributed by atoms with E-state index in [4.69, 9.17) is 5.73 Å². The van der Waals surface area contributed by atoms with Gasteiger partial charge >= 0.3 is 0 Å². The van der Waals surface area contributed by atoms with Gasteiger partial charge in [0.05, 0.1) is 0 Å². The highest BCUT2D eigenvalue weighted by Gasteiger charge is 2.05. The van der Waals surface area contributed by atoms with Gasteiger partial charge in [0.25, 0.3) is 5.91 Å². The highest BCUT2D eigenvalue weighted by atomic mass is 32.2. The minimum atomic E-state index is -2.58. The number of hydrogen-bond acceptors (Lipinski definition) is 6. The summed E-state index contributed by atoms with van der Waals surface area (Å²) in [5, 5.41) is -0.501. The zero-order valence-corrected chi connectivity index (χ0v) is 6.45. The second-order valence-electron chi connectivity index (χ2n) is 1.69. The van der Waals surface area contributed by atoms with Gasteiger partial charge in [-0.15, -0.1) is 0 Å². The van der Waals surface area contributed by atoms with Crippen molar-refractivity contribution in [2.24, 2.45) is 5.73 Å². The second kappa shape index (κ2) is 3.32. The van der Waals surface area contributed by atoms with Crippen molar-refractivity contribution in [1.82, 2.24) is 15.0 Å². The molecule has 0 fully saturated rings. The molecule has 0 saturated carbocycles. The molecule has 7 nitrogen and oxygen atoms in total. The molecule has 1 heterocycles. The third-order valence-electron chi connectivity index (χ3n) is 0.919. The molecular weight excluding hydrogens is 184 g/mol. The van der Waals surface area contributed by atoms with Crippen LogP contribution in [0.25, 0.3) is 0 Å². The Morgan fingerprint density at radius 1 is 1.58 bits per heavy atom. The zero-order valence-electron chi connectivity index (χ0n) is 5.63. The molecule has 0 aliphatic rings. The summed E-state index contributed by atoms with van der Waals surface area (Å²) in [6.07, 6.45) is 0.901. The van der Waals surface area contributed by atoms with Crippen LogP contribution < -0.4 is 5.73 Å². The standard InChI is InChI=1S/C4H4N4O3S/c5-2(9)3-6-1-7-4(8-3)12(10)11/h1H,(H2,5,9)(H,10,11)/p-1. The van der Waals surface area contributed by atoms with Gasteiger partial charge in [-0.3, -0.25) is 9.00 Å². The van der Waals surface area contributed by atoms with Crippen molar-refractivity contribution in [3.8, 4) is 0 Å². The van der Waals surface area contributed by atoms with Crippen LogP contribution >= 0.6 is 0 Å². The van der Waals surface area contributed by atoms with Crippen LogP contribution in [0, 0.1) is 0 Å². The molecule has 8 heteroatoms. The number of amides is 1. The van der Waals surface area contributed by atoms with E-state index < -0.39 is 22.1 Å². The van der Waals surface area contributed by atoms with Crippen LogP contribution in [-0.2, 0) is 11.1 Å². The van der Waals surface area contributed by atoms with E-state index in [0.717, 1.165) is 6.33 Å². The average Bonchev–Trinajstić information content (AvgIpc) is 2.04. The molecule has 0 aliphatic carbocycles. The third-order valence-corrected chi connectivity index (χ3v) is 1.41. The largest absolute Gasteiger partial charge is 0.766 e. The first-order chi connectivity index (χ1) is 5.61. The molecule has 1 amide bonds. The average molecular weight is 187 g/mol. The number of carbonyl (C=O) groups excluding carboxylic acids is 1. The van der Waals surface area contributed by atoms with E-state index in [0.29, 0.717) is 0 Å². The molecule has 0 aliphatic heterocycles. The quantitative estimate of drug-likeness (QED) is 0.545. The number of hydrogen-bond donors (Lipinski definition) is 1. The van der Waals surface area contributed by atoms with E-state index in [-0.39, 0.29) is 5.82 Å². The van der Waals surface area contributed by atoms with Crippen LogP contribution in [0.15, 0.2) is 11.5 Å². The Balaban J connectivity index is 3.12. The predicted octanol–water partition coefficient (Wildman–Crippen LogP) is -1.79. The minimum absolute atomic E-state index is 0.371. The number of aromatic nitrogens is 3. The van der Waals surface area contributed by atoms with Crippen LogP contribution in [0.3, 0.4) is 0 Å². The van der Waals surface area contributed by atoms with Gasteiger partial charge in [-0.25, -0.2) is 9.97 Å². The van der Waals surface area contributed by atoms with Crippen molar-refractivity contribution in [1.29, 1.82) is 0 Å². The zero-order chi connectivity index (χ0) is 9.14. The summed E-state index contributed by atoms with van der Waals surface area (Å²) in [5.74, 6) is -1.27. The van der Waals surface area contributed by atoms with Crippen LogP contribution in [0.1, 0.15) is 10.6 Å². The summed E-state index contributed by atoms with van der Waals surface area (Å²) in [4.78, 5) is 20.3. The third kappa shape index (κ3) is 1.80. The Morgan fingerprint density at radius 3 is 2.75 bits per heavy atom. The smallest absolute Gasteiger partial charge is 0.286 e. The van der Waals surface area contributed by atoms with Gasteiger partial charge in [-0.05, 0) is 0 Å². The lowest BCUT2D eigenvalue weighted by atomic mass is 10.6. The second-order valence-corrected chi connectivity index (χ2v) is 2.53. The number of rotatable bonds is 2. The van der Waals surface area contributed by atoms with Gasteiger partial charge in [0.15, 0.2) is 0 Å². The molecule has 64 valence electrons. The van der Waals surface area contributed by atoms with Crippen molar-refractivity contribution in [2.45, 2.75) is 5.16 Å². The van der Waals surface area contributed by atoms with Crippen LogP contribution in [0.4, 0.5) is 0 Å². The van der Waals surface area contributed by atoms with E-state index in [1.165, 1.54) is 0 Å². The lowest BCUT2D eigenvalue weighted by molar-refractivity contribution is 0.0989.